The first-order valence-corrected chi connectivity index (χ1v) is 8.87. The summed E-state index contributed by atoms with van der Waals surface area (Å²) in [7, 11) is 0. The van der Waals surface area contributed by atoms with Gasteiger partial charge in [-0.1, -0.05) is 69.8 Å². The first-order valence-electron chi connectivity index (χ1n) is 8.87. The molecule has 1 atom stereocenters. The van der Waals surface area contributed by atoms with Crippen molar-refractivity contribution in [3.63, 3.8) is 0 Å². The van der Waals surface area contributed by atoms with E-state index in [9.17, 15) is 0 Å². The predicted molar refractivity (Wildman–Crippen MR) is 95.5 cm³/mol. The highest BCUT2D eigenvalue weighted by atomic mass is 16.2. The van der Waals surface area contributed by atoms with E-state index in [1.807, 2.05) is 6.08 Å². The summed E-state index contributed by atoms with van der Waals surface area (Å²) >= 11 is 0. The number of aliphatic hydroxyl groups excluding tert-OH is 1. The summed E-state index contributed by atoms with van der Waals surface area (Å²) in [6, 6.07) is 0. The molecule has 0 rings (SSSR count). The molecule has 1 unspecified atom stereocenters. The summed E-state index contributed by atoms with van der Waals surface area (Å²) in [5.74, 6) is 1.73. The third kappa shape index (κ3) is 14.2. The Labute approximate surface area is 133 Å². The highest BCUT2D eigenvalue weighted by Gasteiger charge is 2.03. The Hall–Kier alpha value is -0.560. The van der Waals surface area contributed by atoms with Crippen molar-refractivity contribution in [2.45, 2.75) is 86.0 Å². The lowest BCUT2D eigenvalue weighted by atomic mass is 9.94. The molecule has 0 heterocycles. The van der Waals surface area contributed by atoms with Gasteiger partial charge >= 0.3 is 0 Å². The summed E-state index contributed by atoms with van der Waals surface area (Å²) in [5, 5.41) is 8.81. The highest BCUT2D eigenvalue weighted by molar-refractivity contribution is 5.03. The second kappa shape index (κ2) is 13.1. The number of aliphatic hydroxyl groups is 1. The molecule has 1 heteroatoms. The Bertz CT molecular complexity index is 299. The minimum Gasteiger partial charge on any atom is -0.392 e. The van der Waals surface area contributed by atoms with E-state index in [1.165, 1.54) is 49.7 Å². The summed E-state index contributed by atoms with van der Waals surface area (Å²) < 4.78 is 0. The zero-order valence-corrected chi connectivity index (χ0v) is 15.1. The molecule has 0 saturated heterocycles. The molecule has 0 saturated carbocycles. The molecule has 21 heavy (non-hydrogen) atoms. The lowest BCUT2D eigenvalue weighted by Crippen LogP contribution is -1.97. The van der Waals surface area contributed by atoms with Crippen LogP contribution in [0.2, 0.25) is 0 Å². The average molecular weight is 295 g/mol. The van der Waals surface area contributed by atoms with Crippen molar-refractivity contribution >= 4 is 0 Å². The van der Waals surface area contributed by atoms with Crippen LogP contribution in [0.1, 0.15) is 86.0 Å². The third-order valence-corrected chi connectivity index (χ3v) is 4.22. The molecule has 0 aromatic heterocycles. The van der Waals surface area contributed by atoms with Crippen molar-refractivity contribution in [3.05, 3.63) is 23.3 Å². The topological polar surface area (TPSA) is 20.2 Å². The molecule has 0 aromatic carbocycles. The molecule has 0 radical (unpaired) electrons. The van der Waals surface area contributed by atoms with E-state index in [0.717, 1.165) is 24.7 Å². The van der Waals surface area contributed by atoms with E-state index in [0.29, 0.717) is 0 Å². The highest BCUT2D eigenvalue weighted by Crippen LogP contribution is 2.19. The summed E-state index contributed by atoms with van der Waals surface area (Å²) in [4.78, 5) is 0. The number of hydrogen-bond acceptors (Lipinski definition) is 1. The van der Waals surface area contributed by atoms with E-state index in [1.54, 1.807) is 0 Å². The maximum atomic E-state index is 8.81. The Morgan fingerprint density at radius 1 is 0.857 bits per heavy atom. The smallest absolute Gasteiger partial charge is 0.0614 e. The normalized spacial score (nSPS) is 14.8. The van der Waals surface area contributed by atoms with Crippen LogP contribution >= 0.6 is 0 Å². The van der Waals surface area contributed by atoms with Crippen molar-refractivity contribution in [2.75, 3.05) is 6.61 Å². The molecule has 0 bridgehead atoms. The van der Waals surface area contributed by atoms with Crippen LogP contribution in [-0.2, 0) is 0 Å². The fourth-order valence-corrected chi connectivity index (χ4v) is 2.65. The van der Waals surface area contributed by atoms with Gasteiger partial charge in [0.05, 0.1) is 6.61 Å². The van der Waals surface area contributed by atoms with Gasteiger partial charge in [-0.3, -0.25) is 0 Å². The second-order valence-corrected chi connectivity index (χ2v) is 7.14. The van der Waals surface area contributed by atoms with Gasteiger partial charge in [0.2, 0.25) is 0 Å². The lowest BCUT2D eigenvalue weighted by molar-refractivity contribution is 0.341. The third-order valence-electron chi connectivity index (χ3n) is 4.22. The SMILES string of the molecule is CC(=CCO)CCC=C(C)CCCC(C)CCCC(C)C. The van der Waals surface area contributed by atoms with Gasteiger partial charge in [-0.25, -0.2) is 0 Å². The van der Waals surface area contributed by atoms with E-state index in [2.05, 4.69) is 40.7 Å². The monoisotopic (exact) mass is 294 g/mol. The summed E-state index contributed by atoms with van der Waals surface area (Å²) in [6.45, 7) is 11.6. The van der Waals surface area contributed by atoms with Gasteiger partial charge in [0.1, 0.15) is 0 Å². The zero-order valence-electron chi connectivity index (χ0n) is 15.1. The van der Waals surface area contributed by atoms with Crippen molar-refractivity contribution in [2.24, 2.45) is 11.8 Å². The van der Waals surface area contributed by atoms with Gasteiger partial charge in [0.25, 0.3) is 0 Å². The molecule has 0 fully saturated rings. The average Bonchev–Trinajstić information content (AvgIpc) is 2.38. The van der Waals surface area contributed by atoms with Crippen LogP contribution in [0.15, 0.2) is 23.3 Å². The number of hydrogen-bond donors (Lipinski definition) is 1. The van der Waals surface area contributed by atoms with E-state index in [4.69, 9.17) is 5.11 Å². The molecule has 0 amide bonds. The summed E-state index contributed by atoms with van der Waals surface area (Å²) in [5.41, 5.74) is 2.82. The quantitative estimate of drug-likeness (QED) is 0.420. The largest absolute Gasteiger partial charge is 0.392 e. The minimum atomic E-state index is 0.170. The molecule has 124 valence electrons. The fourth-order valence-electron chi connectivity index (χ4n) is 2.65. The van der Waals surface area contributed by atoms with Crippen LogP contribution in [0.3, 0.4) is 0 Å². The van der Waals surface area contributed by atoms with E-state index >= 15 is 0 Å². The Kier molecular flexibility index (Phi) is 12.8. The van der Waals surface area contributed by atoms with Gasteiger partial charge in [-0.2, -0.15) is 0 Å². The second-order valence-electron chi connectivity index (χ2n) is 7.14. The molecule has 0 spiro atoms. The van der Waals surface area contributed by atoms with Gasteiger partial charge in [0.15, 0.2) is 0 Å². The van der Waals surface area contributed by atoms with Crippen molar-refractivity contribution in [3.8, 4) is 0 Å². The van der Waals surface area contributed by atoms with Crippen molar-refractivity contribution in [1.82, 2.24) is 0 Å². The van der Waals surface area contributed by atoms with E-state index in [-0.39, 0.29) is 6.61 Å². The van der Waals surface area contributed by atoms with Crippen LogP contribution in [-0.4, -0.2) is 11.7 Å². The molecule has 0 aromatic rings. The summed E-state index contributed by atoms with van der Waals surface area (Å²) in [6.07, 6.45) is 14.6. The van der Waals surface area contributed by atoms with Crippen molar-refractivity contribution in [1.29, 1.82) is 0 Å². The molecular weight excluding hydrogens is 256 g/mol. The van der Waals surface area contributed by atoms with Gasteiger partial charge < -0.3 is 5.11 Å². The molecule has 0 aliphatic rings. The Morgan fingerprint density at radius 3 is 2.10 bits per heavy atom. The molecule has 1 nitrogen and oxygen atoms in total. The molecule has 1 N–H and O–H groups in total. The number of allylic oxidation sites excluding steroid dienone is 3. The molecule has 0 aliphatic carbocycles. The number of rotatable bonds is 12. The maximum Gasteiger partial charge on any atom is 0.0614 e. The minimum absolute atomic E-state index is 0.170. The zero-order chi connectivity index (χ0) is 16.1. The molecule has 0 aliphatic heterocycles. The van der Waals surface area contributed by atoms with Crippen molar-refractivity contribution < 1.29 is 5.11 Å². The van der Waals surface area contributed by atoms with Gasteiger partial charge in [-0.05, 0) is 51.4 Å². The Morgan fingerprint density at radius 2 is 1.48 bits per heavy atom. The Balaban J connectivity index is 3.68. The fraction of sp³-hybridized carbons (Fsp3) is 0.800. The lowest BCUT2D eigenvalue weighted by Gasteiger charge is -2.12. The van der Waals surface area contributed by atoms with Crippen LogP contribution in [0.4, 0.5) is 0 Å². The van der Waals surface area contributed by atoms with Gasteiger partial charge in [0, 0.05) is 0 Å². The van der Waals surface area contributed by atoms with Crippen LogP contribution in [0.25, 0.3) is 0 Å². The van der Waals surface area contributed by atoms with Gasteiger partial charge in [-0.15, -0.1) is 0 Å². The van der Waals surface area contributed by atoms with Crippen LogP contribution in [0, 0.1) is 11.8 Å². The first kappa shape index (κ1) is 20.4. The predicted octanol–water partition coefficient (Wildman–Crippen LogP) is 6.28. The van der Waals surface area contributed by atoms with E-state index < -0.39 is 0 Å². The van der Waals surface area contributed by atoms with Crippen LogP contribution in [0.5, 0.6) is 0 Å². The first-order chi connectivity index (χ1) is 9.95. The molecular formula is C20H38O. The maximum absolute atomic E-state index is 8.81. The van der Waals surface area contributed by atoms with Crippen LogP contribution < -0.4 is 0 Å². The standard InChI is InChI=1S/C20H38O/c1-17(2)9-6-10-18(3)11-7-12-19(4)13-8-14-20(5)15-16-21/h13,15,17-18,21H,6-12,14,16H2,1-5H3.